The van der Waals surface area contributed by atoms with Crippen LogP contribution in [-0.2, 0) is 4.74 Å². The fourth-order valence-corrected chi connectivity index (χ4v) is 2.06. The van der Waals surface area contributed by atoms with Gasteiger partial charge in [0.2, 0.25) is 0 Å². The van der Waals surface area contributed by atoms with E-state index in [4.69, 9.17) is 16.3 Å². The molecule has 5 heteroatoms. The lowest BCUT2D eigenvalue weighted by Crippen LogP contribution is -2.44. The lowest BCUT2D eigenvalue weighted by Gasteiger charge is -2.30. The largest absolute Gasteiger partial charge is 0.390 e. The third-order valence-electron chi connectivity index (χ3n) is 2.54. The van der Waals surface area contributed by atoms with E-state index in [1.165, 1.54) is 0 Å². The van der Waals surface area contributed by atoms with Crippen LogP contribution in [0.2, 0.25) is 0 Å². The number of nitrogens with zero attached hydrogens (tertiary/aromatic N) is 2. The number of ether oxygens (including phenoxy) is 1. The van der Waals surface area contributed by atoms with Crippen LogP contribution in [0, 0.1) is 0 Å². The van der Waals surface area contributed by atoms with Crippen LogP contribution >= 0.6 is 11.6 Å². The van der Waals surface area contributed by atoms with Crippen molar-refractivity contribution in [2.75, 3.05) is 53.0 Å². The highest BCUT2D eigenvalue weighted by atomic mass is 35.5. The number of likely N-dealkylation sites (N-methyl/N-ethyl adjacent to an activating group) is 1. The van der Waals surface area contributed by atoms with Crippen LogP contribution in [0.4, 0.5) is 0 Å². The lowest BCUT2D eigenvalue weighted by molar-refractivity contribution is 0.00931. The van der Waals surface area contributed by atoms with Gasteiger partial charge in [-0.05, 0) is 7.05 Å². The molecular weight excluding hydrogens is 228 g/mol. The first-order valence-electron chi connectivity index (χ1n) is 5.58. The van der Waals surface area contributed by atoms with E-state index >= 15 is 0 Å². The van der Waals surface area contributed by atoms with E-state index in [0.29, 0.717) is 24.7 Å². The molecule has 94 valence electrons. The van der Waals surface area contributed by atoms with Crippen LogP contribution in [-0.4, -0.2) is 74.0 Å². The fourth-order valence-electron chi connectivity index (χ4n) is 1.86. The summed E-state index contributed by atoms with van der Waals surface area (Å²) in [6.45, 7) is 8.90. The van der Waals surface area contributed by atoms with Gasteiger partial charge in [-0.1, -0.05) is 18.2 Å². The Bertz CT molecular complexity index is 220. The zero-order chi connectivity index (χ0) is 12.0. The molecule has 1 aliphatic heterocycles. The van der Waals surface area contributed by atoms with Crippen molar-refractivity contribution in [2.45, 2.75) is 6.10 Å². The lowest BCUT2D eigenvalue weighted by atomic mass is 10.3. The number of rotatable bonds is 6. The van der Waals surface area contributed by atoms with E-state index in [0.717, 1.165) is 26.3 Å². The number of hydrogen-bond acceptors (Lipinski definition) is 4. The summed E-state index contributed by atoms with van der Waals surface area (Å²) in [5, 5.41) is 10.5. The Morgan fingerprint density at radius 1 is 1.56 bits per heavy atom. The van der Waals surface area contributed by atoms with Crippen molar-refractivity contribution in [3.8, 4) is 0 Å². The van der Waals surface area contributed by atoms with Gasteiger partial charge in [0.05, 0.1) is 19.3 Å². The van der Waals surface area contributed by atoms with Gasteiger partial charge in [-0.25, -0.2) is 0 Å². The maximum Gasteiger partial charge on any atom is 0.0793 e. The van der Waals surface area contributed by atoms with E-state index in [2.05, 4.69) is 11.5 Å². The minimum Gasteiger partial charge on any atom is -0.390 e. The first-order chi connectivity index (χ1) is 7.58. The Kier molecular flexibility index (Phi) is 6.31. The molecular formula is C11H21ClN2O2. The smallest absolute Gasteiger partial charge is 0.0793 e. The third kappa shape index (κ3) is 5.82. The van der Waals surface area contributed by atoms with E-state index in [1.807, 2.05) is 11.9 Å². The van der Waals surface area contributed by atoms with Crippen LogP contribution in [0.3, 0.4) is 0 Å². The first-order valence-corrected chi connectivity index (χ1v) is 5.95. The average Bonchev–Trinajstić information content (AvgIpc) is 2.17. The predicted molar refractivity (Wildman–Crippen MR) is 65.8 cm³/mol. The van der Waals surface area contributed by atoms with Gasteiger partial charge in [0.1, 0.15) is 0 Å². The van der Waals surface area contributed by atoms with E-state index in [9.17, 15) is 5.11 Å². The second kappa shape index (κ2) is 7.25. The van der Waals surface area contributed by atoms with Crippen molar-refractivity contribution < 1.29 is 9.84 Å². The summed E-state index contributed by atoms with van der Waals surface area (Å²) in [6, 6.07) is 0. The molecule has 1 heterocycles. The van der Waals surface area contributed by atoms with Crippen molar-refractivity contribution in [3.05, 3.63) is 11.6 Å². The molecule has 0 radical (unpaired) electrons. The van der Waals surface area contributed by atoms with E-state index in [-0.39, 0.29) is 6.10 Å². The second-order valence-corrected chi connectivity index (χ2v) is 4.82. The predicted octanol–water partition coefficient (Wildman–Crippen LogP) is 0.364. The minimum atomic E-state index is -0.348. The molecule has 0 amide bonds. The molecule has 0 aliphatic carbocycles. The summed E-state index contributed by atoms with van der Waals surface area (Å²) in [6.07, 6.45) is -0.348. The van der Waals surface area contributed by atoms with Crippen molar-refractivity contribution >= 4 is 11.6 Å². The van der Waals surface area contributed by atoms with E-state index < -0.39 is 0 Å². The zero-order valence-corrected chi connectivity index (χ0v) is 10.6. The molecule has 0 spiro atoms. The standard InChI is InChI=1S/C11H21ClN2O2/c1-10(12)7-13(2)8-11(15)9-14-3-5-16-6-4-14/h11,15H,1,3-9H2,2H3/t11-/m1/s1. The Morgan fingerprint density at radius 2 is 2.19 bits per heavy atom. The number of aliphatic hydroxyl groups is 1. The quantitative estimate of drug-likeness (QED) is 0.737. The molecule has 4 nitrogen and oxygen atoms in total. The monoisotopic (exact) mass is 248 g/mol. The molecule has 1 rings (SSSR count). The molecule has 0 aromatic carbocycles. The summed E-state index contributed by atoms with van der Waals surface area (Å²) in [5.41, 5.74) is 0. The van der Waals surface area contributed by atoms with Gasteiger partial charge in [0.15, 0.2) is 0 Å². The third-order valence-corrected chi connectivity index (χ3v) is 2.66. The van der Waals surface area contributed by atoms with Crippen LogP contribution < -0.4 is 0 Å². The first kappa shape index (κ1) is 13.9. The summed E-state index contributed by atoms with van der Waals surface area (Å²) < 4.78 is 5.25. The SMILES string of the molecule is C=C(Cl)CN(C)C[C@@H](O)CN1CCOCC1. The Balaban J connectivity index is 2.18. The van der Waals surface area contributed by atoms with Gasteiger partial charge < -0.3 is 9.84 Å². The topological polar surface area (TPSA) is 35.9 Å². The summed E-state index contributed by atoms with van der Waals surface area (Å²) in [5.74, 6) is 0. The molecule has 16 heavy (non-hydrogen) atoms. The number of aliphatic hydroxyl groups excluding tert-OH is 1. The second-order valence-electron chi connectivity index (χ2n) is 4.28. The van der Waals surface area contributed by atoms with Crippen molar-refractivity contribution in [2.24, 2.45) is 0 Å². The summed E-state index contributed by atoms with van der Waals surface area (Å²) in [7, 11) is 1.93. The number of morpholine rings is 1. The van der Waals surface area contributed by atoms with Gasteiger partial charge in [0.25, 0.3) is 0 Å². The van der Waals surface area contributed by atoms with E-state index in [1.54, 1.807) is 0 Å². The molecule has 0 aromatic heterocycles. The summed E-state index contributed by atoms with van der Waals surface area (Å²) in [4.78, 5) is 4.19. The molecule has 1 N–H and O–H groups in total. The highest BCUT2D eigenvalue weighted by Gasteiger charge is 2.16. The molecule has 0 saturated carbocycles. The van der Waals surface area contributed by atoms with Gasteiger partial charge in [-0.2, -0.15) is 0 Å². The number of halogens is 1. The molecule has 0 unspecified atom stereocenters. The minimum absolute atomic E-state index is 0.348. The van der Waals surface area contributed by atoms with Gasteiger partial charge in [0, 0.05) is 37.8 Å². The Morgan fingerprint density at radius 3 is 2.75 bits per heavy atom. The zero-order valence-electron chi connectivity index (χ0n) is 9.86. The summed E-state index contributed by atoms with van der Waals surface area (Å²) >= 11 is 5.70. The molecule has 1 fully saturated rings. The van der Waals surface area contributed by atoms with Crippen LogP contribution in [0.15, 0.2) is 11.6 Å². The Hall–Kier alpha value is -0.130. The van der Waals surface area contributed by atoms with Gasteiger partial charge >= 0.3 is 0 Å². The fraction of sp³-hybridized carbons (Fsp3) is 0.818. The van der Waals surface area contributed by atoms with Crippen molar-refractivity contribution in [1.29, 1.82) is 0 Å². The van der Waals surface area contributed by atoms with Crippen LogP contribution in [0.1, 0.15) is 0 Å². The molecule has 0 aromatic rings. The number of β-amino-alcohol motifs (C(OH)–C–C–N with tert-alkyl or cyclic N) is 1. The van der Waals surface area contributed by atoms with Crippen molar-refractivity contribution in [1.82, 2.24) is 9.80 Å². The molecule has 0 bridgehead atoms. The Labute approximate surface area is 102 Å². The maximum absolute atomic E-state index is 9.89. The molecule has 1 atom stereocenters. The van der Waals surface area contributed by atoms with Crippen LogP contribution in [0.25, 0.3) is 0 Å². The van der Waals surface area contributed by atoms with Crippen molar-refractivity contribution in [3.63, 3.8) is 0 Å². The van der Waals surface area contributed by atoms with Crippen LogP contribution in [0.5, 0.6) is 0 Å². The maximum atomic E-state index is 9.89. The normalized spacial score (nSPS) is 20.0. The average molecular weight is 249 g/mol. The molecule has 1 saturated heterocycles. The van der Waals surface area contributed by atoms with Gasteiger partial charge in [-0.3, -0.25) is 9.80 Å². The number of hydrogen-bond donors (Lipinski definition) is 1. The molecule has 1 aliphatic rings. The van der Waals surface area contributed by atoms with Gasteiger partial charge in [-0.15, -0.1) is 0 Å². The highest BCUT2D eigenvalue weighted by Crippen LogP contribution is 2.03. The highest BCUT2D eigenvalue weighted by molar-refractivity contribution is 6.29.